The number of hydrogen-bond acceptors (Lipinski definition) is 5. The Bertz CT molecular complexity index is 483. The lowest BCUT2D eigenvalue weighted by Crippen LogP contribution is -2.12. The highest BCUT2D eigenvalue weighted by molar-refractivity contribution is 7.82. The quantitative estimate of drug-likeness (QED) is 0.820. The Morgan fingerprint density at radius 3 is 2.94 bits per heavy atom. The van der Waals surface area contributed by atoms with Crippen LogP contribution in [0.3, 0.4) is 0 Å². The van der Waals surface area contributed by atoms with Gasteiger partial charge in [0.15, 0.2) is 11.5 Å². The maximum Gasteiger partial charge on any atom is 0.342 e. The van der Waals surface area contributed by atoms with Crippen LogP contribution in [0.15, 0.2) is 12.1 Å². The molecular weight excluding hydrogens is 244 g/mol. The van der Waals surface area contributed by atoms with Crippen molar-refractivity contribution in [3.63, 3.8) is 0 Å². The second-order valence-electron chi connectivity index (χ2n) is 3.44. The van der Waals surface area contributed by atoms with E-state index in [1.54, 1.807) is 12.1 Å². The Balaban J connectivity index is 2.30. The topological polar surface area (TPSA) is 65.0 Å². The predicted molar refractivity (Wildman–Crippen MR) is 63.1 cm³/mol. The Kier molecular flexibility index (Phi) is 3.14. The predicted octanol–water partition coefficient (Wildman–Crippen LogP) is 1.42. The number of carbonyl (C=O) groups is 1. The number of carboxylic acids is 1. The van der Waals surface area contributed by atoms with Gasteiger partial charge in [-0.2, -0.15) is 0 Å². The minimum absolute atomic E-state index is 0.0501. The fourth-order valence-electron chi connectivity index (χ4n) is 1.55. The van der Waals surface area contributed by atoms with Crippen molar-refractivity contribution in [3.05, 3.63) is 17.7 Å². The van der Waals surface area contributed by atoms with Crippen LogP contribution in [0.1, 0.15) is 5.56 Å². The largest absolute Gasteiger partial charge is 0.493 e. The van der Waals surface area contributed by atoms with Crippen LogP contribution in [-0.2, 0) is 11.2 Å². The summed E-state index contributed by atoms with van der Waals surface area (Å²) < 4.78 is 15.6. The molecule has 0 unspecified atom stereocenters. The molecule has 0 bridgehead atoms. The smallest absolute Gasteiger partial charge is 0.342 e. The molecule has 0 aromatic heterocycles. The van der Waals surface area contributed by atoms with Gasteiger partial charge in [0.05, 0.1) is 7.11 Å². The third-order valence-corrected chi connectivity index (χ3v) is 2.64. The normalized spacial score (nSPS) is 12.3. The molecule has 1 aromatic rings. The molecule has 17 heavy (non-hydrogen) atoms. The van der Waals surface area contributed by atoms with E-state index in [-0.39, 0.29) is 18.1 Å². The fourth-order valence-corrected chi connectivity index (χ4v) is 1.71. The summed E-state index contributed by atoms with van der Waals surface area (Å²) in [6, 6.07) is 3.41. The number of benzene rings is 1. The standard InChI is InChI=1S/C11H10O5S/c1-14-7-2-6(4-9(17)11(12)13)3-8-10(7)16-5-15-8/h2-3H,4-5H2,1H3,(H,12,13). The third kappa shape index (κ3) is 2.31. The zero-order valence-corrected chi connectivity index (χ0v) is 9.87. The molecule has 5 nitrogen and oxygen atoms in total. The molecule has 0 atom stereocenters. The average molecular weight is 254 g/mol. The highest BCUT2D eigenvalue weighted by atomic mass is 32.1. The summed E-state index contributed by atoms with van der Waals surface area (Å²) in [6.07, 6.45) is 0.164. The molecular formula is C11H10O5S. The van der Waals surface area contributed by atoms with Gasteiger partial charge in [-0.3, -0.25) is 0 Å². The van der Waals surface area contributed by atoms with E-state index >= 15 is 0 Å². The van der Waals surface area contributed by atoms with Crippen molar-refractivity contribution in [1.29, 1.82) is 0 Å². The molecule has 1 N–H and O–H groups in total. The van der Waals surface area contributed by atoms with Gasteiger partial charge in [-0.05, 0) is 17.7 Å². The van der Waals surface area contributed by atoms with E-state index in [0.717, 1.165) is 5.56 Å². The monoisotopic (exact) mass is 254 g/mol. The van der Waals surface area contributed by atoms with Crippen LogP contribution < -0.4 is 14.2 Å². The lowest BCUT2D eigenvalue weighted by Gasteiger charge is -2.07. The molecule has 0 radical (unpaired) electrons. The second kappa shape index (κ2) is 4.58. The van der Waals surface area contributed by atoms with Gasteiger partial charge in [-0.25, -0.2) is 4.79 Å². The van der Waals surface area contributed by atoms with Crippen molar-refractivity contribution in [3.8, 4) is 17.2 Å². The van der Waals surface area contributed by atoms with Gasteiger partial charge in [0.25, 0.3) is 0 Å². The van der Waals surface area contributed by atoms with Gasteiger partial charge in [-0.15, -0.1) is 0 Å². The van der Waals surface area contributed by atoms with E-state index in [1.807, 2.05) is 0 Å². The highest BCUT2D eigenvalue weighted by Crippen LogP contribution is 2.41. The molecule has 0 saturated heterocycles. The van der Waals surface area contributed by atoms with Gasteiger partial charge >= 0.3 is 5.97 Å². The van der Waals surface area contributed by atoms with E-state index in [2.05, 4.69) is 0 Å². The lowest BCUT2D eigenvalue weighted by molar-refractivity contribution is -0.129. The van der Waals surface area contributed by atoms with Crippen LogP contribution in [0.5, 0.6) is 17.2 Å². The van der Waals surface area contributed by atoms with Gasteiger partial charge in [0, 0.05) is 6.42 Å². The summed E-state index contributed by atoms with van der Waals surface area (Å²) in [5.41, 5.74) is 0.721. The molecule has 0 fully saturated rings. The fraction of sp³-hybridized carbons (Fsp3) is 0.273. The second-order valence-corrected chi connectivity index (χ2v) is 3.93. The molecule has 90 valence electrons. The Morgan fingerprint density at radius 1 is 1.53 bits per heavy atom. The van der Waals surface area contributed by atoms with Crippen molar-refractivity contribution >= 4 is 23.1 Å². The summed E-state index contributed by atoms with van der Waals surface area (Å²) in [5.74, 6) is 0.518. The number of carboxylic acid groups (broad SMARTS) is 1. The first-order valence-corrected chi connectivity index (χ1v) is 5.25. The zero-order valence-electron chi connectivity index (χ0n) is 9.06. The average Bonchev–Trinajstić information content (AvgIpc) is 2.75. The SMILES string of the molecule is COc1cc(CC(=S)C(=O)O)cc2c1OCO2. The minimum Gasteiger partial charge on any atom is -0.493 e. The zero-order chi connectivity index (χ0) is 12.4. The van der Waals surface area contributed by atoms with E-state index in [0.29, 0.717) is 17.2 Å². The first-order valence-electron chi connectivity index (χ1n) is 4.84. The van der Waals surface area contributed by atoms with Gasteiger partial charge in [-0.1, -0.05) is 12.2 Å². The van der Waals surface area contributed by atoms with Crippen LogP contribution >= 0.6 is 12.2 Å². The maximum atomic E-state index is 10.7. The van der Waals surface area contributed by atoms with Gasteiger partial charge < -0.3 is 19.3 Å². The van der Waals surface area contributed by atoms with Gasteiger partial charge in [0.1, 0.15) is 4.86 Å². The van der Waals surface area contributed by atoms with Crippen LogP contribution in [0.2, 0.25) is 0 Å². The maximum absolute atomic E-state index is 10.7. The van der Waals surface area contributed by atoms with Crippen LogP contribution in [0.4, 0.5) is 0 Å². The van der Waals surface area contributed by atoms with E-state index in [1.165, 1.54) is 7.11 Å². The summed E-state index contributed by atoms with van der Waals surface area (Å²) in [4.78, 5) is 10.6. The van der Waals surface area contributed by atoms with Crippen molar-refractivity contribution in [2.75, 3.05) is 13.9 Å². The summed E-state index contributed by atoms with van der Waals surface area (Å²) >= 11 is 4.76. The molecule has 0 spiro atoms. The molecule has 6 heteroatoms. The lowest BCUT2D eigenvalue weighted by atomic mass is 10.1. The van der Waals surface area contributed by atoms with Crippen LogP contribution in [0.25, 0.3) is 0 Å². The van der Waals surface area contributed by atoms with E-state index < -0.39 is 5.97 Å². The minimum atomic E-state index is -1.09. The highest BCUT2D eigenvalue weighted by Gasteiger charge is 2.21. The molecule has 1 heterocycles. The summed E-state index contributed by atoms with van der Waals surface area (Å²) in [6.45, 7) is 0.137. The van der Waals surface area contributed by atoms with Crippen molar-refractivity contribution in [2.45, 2.75) is 6.42 Å². The number of thiocarbonyl (C=S) groups is 1. The molecule has 0 aliphatic carbocycles. The first kappa shape index (κ1) is 11.7. The Hall–Kier alpha value is -1.82. The number of methoxy groups -OCH3 is 1. The summed E-state index contributed by atoms with van der Waals surface area (Å²) in [5, 5.41) is 8.73. The number of hydrogen-bond donors (Lipinski definition) is 1. The van der Waals surface area contributed by atoms with Crippen LogP contribution in [-0.4, -0.2) is 29.8 Å². The van der Waals surface area contributed by atoms with E-state index in [9.17, 15) is 4.79 Å². The number of fused-ring (bicyclic) bond motifs is 1. The summed E-state index contributed by atoms with van der Waals surface area (Å²) in [7, 11) is 1.51. The Labute approximate surface area is 103 Å². The van der Waals surface area contributed by atoms with Crippen molar-refractivity contribution < 1.29 is 24.1 Å². The number of aliphatic carboxylic acids is 1. The third-order valence-electron chi connectivity index (χ3n) is 2.32. The molecule has 1 aliphatic heterocycles. The first-order chi connectivity index (χ1) is 8.11. The molecule has 2 rings (SSSR count). The van der Waals surface area contributed by atoms with Crippen molar-refractivity contribution in [2.24, 2.45) is 0 Å². The number of ether oxygens (including phenoxy) is 3. The van der Waals surface area contributed by atoms with Crippen LogP contribution in [0, 0.1) is 0 Å². The molecule has 1 aliphatic rings. The molecule has 0 amide bonds. The Morgan fingerprint density at radius 2 is 2.29 bits per heavy atom. The number of rotatable bonds is 4. The van der Waals surface area contributed by atoms with Gasteiger partial charge in [0.2, 0.25) is 12.5 Å². The molecule has 1 aromatic carbocycles. The van der Waals surface area contributed by atoms with Crippen molar-refractivity contribution in [1.82, 2.24) is 0 Å². The molecule has 0 saturated carbocycles. The van der Waals surface area contributed by atoms with E-state index in [4.69, 9.17) is 31.5 Å².